The summed E-state index contributed by atoms with van der Waals surface area (Å²) in [6.45, 7) is 0.0153. The molecular weight excluding hydrogens is 385 g/mol. The smallest absolute Gasteiger partial charge is 0.338 e. The van der Waals surface area contributed by atoms with Gasteiger partial charge >= 0.3 is 6.18 Å². The summed E-state index contributed by atoms with van der Waals surface area (Å²) in [6, 6.07) is 12.1. The topological polar surface area (TPSA) is 34.0 Å². The van der Waals surface area contributed by atoms with Gasteiger partial charge in [-0.2, -0.15) is 13.2 Å². The zero-order chi connectivity index (χ0) is 17.3. The first-order chi connectivity index (χ1) is 11.3. The first kappa shape index (κ1) is 16.6. The Morgan fingerprint density at radius 2 is 1.92 bits per heavy atom. The van der Waals surface area contributed by atoms with Gasteiger partial charge in [0.05, 0.1) is 5.56 Å². The lowest BCUT2D eigenvalue weighted by Gasteiger charge is -2.10. The maximum Gasteiger partial charge on any atom is 0.416 e. The van der Waals surface area contributed by atoms with Crippen LogP contribution in [0.15, 0.2) is 59.2 Å². The Hall–Kier alpha value is -2.28. The molecule has 0 saturated heterocycles. The number of hydrogen-bond donors (Lipinski definition) is 1. The molecule has 0 bridgehead atoms. The van der Waals surface area contributed by atoms with Crippen LogP contribution in [0.1, 0.15) is 5.56 Å². The molecule has 3 rings (SSSR count). The lowest BCUT2D eigenvalue weighted by Crippen LogP contribution is -2.18. The highest BCUT2D eigenvalue weighted by molar-refractivity contribution is 9.10. The number of anilines is 1. The number of amides is 1. The van der Waals surface area contributed by atoms with E-state index in [0.29, 0.717) is 0 Å². The molecule has 7 heteroatoms. The SMILES string of the molecule is O=C(Cn1ccc2cc(Br)ccc21)Nc1cccc(C(F)(F)F)c1. The Morgan fingerprint density at radius 3 is 2.67 bits per heavy atom. The number of halogens is 4. The molecule has 0 fully saturated rings. The average molecular weight is 397 g/mol. The third-order valence-electron chi connectivity index (χ3n) is 3.52. The van der Waals surface area contributed by atoms with Gasteiger partial charge in [-0.3, -0.25) is 4.79 Å². The number of fused-ring (bicyclic) bond motifs is 1. The molecule has 0 radical (unpaired) electrons. The van der Waals surface area contributed by atoms with Crippen molar-refractivity contribution in [3.8, 4) is 0 Å². The summed E-state index contributed by atoms with van der Waals surface area (Å²) in [5.41, 5.74) is 0.197. The van der Waals surface area contributed by atoms with Crippen molar-refractivity contribution in [2.75, 3.05) is 5.32 Å². The van der Waals surface area contributed by atoms with Gasteiger partial charge in [0.1, 0.15) is 6.54 Å². The fraction of sp³-hybridized carbons (Fsp3) is 0.118. The molecule has 0 spiro atoms. The summed E-state index contributed by atoms with van der Waals surface area (Å²) in [7, 11) is 0. The van der Waals surface area contributed by atoms with Crippen molar-refractivity contribution in [1.29, 1.82) is 0 Å². The number of hydrogen-bond acceptors (Lipinski definition) is 1. The highest BCUT2D eigenvalue weighted by Crippen LogP contribution is 2.30. The zero-order valence-corrected chi connectivity index (χ0v) is 13.9. The minimum atomic E-state index is -4.44. The Labute approximate surface area is 144 Å². The van der Waals surface area contributed by atoms with Gasteiger partial charge in [0.25, 0.3) is 0 Å². The van der Waals surface area contributed by atoms with Crippen molar-refractivity contribution >= 4 is 38.4 Å². The van der Waals surface area contributed by atoms with Gasteiger partial charge in [-0.05, 0) is 42.5 Å². The molecular formula is C17H12BrF3N2O. The van der Waals surface area contributed by atoms with Crippen LogP contribution < -0.4 is 5.32 Å². The fourth-order valence-electron chi connectivity index (χ4n) is 2.44. The van der Waals surface area contributed by atoms with Crippen molar-refractivity contribution in [3.63, 3.8) is 0 Å². The molecule has 1 amide bonds. The van der Waals surface area contributed by atoms with Crippen molar-refractivity contribution in [1.82, 2.24) is 4.57 Å². The van der Waals surface area contributed by atoms with Gasteiger partial charge in [-0.15, -0.1) is 0 Å². The summed E-state index contributed by atoms with van der Waals surface area (Å²) in [4.78, 5) is 12.1. The third-order valence-corrected chi connectivity index (χ3v) is 4.01. The van der Waals surface area contributed by atoms with Crippen LogP contribution in [0.3, 0.4) is 0 Å². The molecule has 0 saturated carbocycles. The Balaban J connectivity index is 1.76. The molecule has 0 aliphatic heterocycles. The molecule has 3 aromatic rings. The molecule has 0 unspecified atom stereocenters. The summed E-state index contributed by atoms with van der Waals surface area (Å²) in [5, 5.41) is 3.47. The molecule has 0 aliphatic carbocycles. The van der Waals surface area contributed by atoms with Crippen molar-refractivity contribution in [2.45, 2.75) is 12.7 Å². The van der Waals surface area contributed by atoms with E-state index < -0.39 is 17.6 Å². The monoisotopic (exact) mass is 396 g/mol. The maximum atomic E-state index is 12.7. The molecule has 0 aliphatic rings. The minimum Gasteiger partial charge on any atom is -0.338 e. The number of carbonyl (C=O) groups excluding carboxylic acids is 1. The maximum absolute atomic E-state index is 12.7. The highest BCUT2D eigenvalue weighted by Gasteiger charge is 2.30. The Bertz CT molecular complexity index is 902. The fourth-order valence-corrected chi connectivity index (χ4v) is 2.82. The van der Waals surface area contributed by atoms with Crippen molar-refractivity contribution in [2.24, 2.45) is 0 Å². The van der Waals surface area contributed by atoms with E-state index in [4.69, 9.17) is 0 Å². The van der Waals surface area contributed by atoms with E-state index in [0.717, 1.165) is 27.5 Å². The van der Waals surface area contributed by atoms with E-state index in [-0.39, 0.29) is 12.2 Å². The van der Waals surface area contributed by atoms with E-state index in [1.807, 2.05) is 24.3 Å². The van der Waals surface area contributed by atoms with Gasteiger partial charge in [0.15, 0.2) is 0 Å². The summed E-state index contributed by atoms with van der Waals surface area (Å²) in [5.74, 6) is -0.394. The van der Waals surface area contributed by atoms with Gasteiger partial charge < -0.3 is 9.88 Å². The predicted molar refractivity (Wildman–Crippen MR) is 89.7 cm³/mol. The van der Waals surface area contributed by atoms with Crippen LogP contribution >= 0.6 is 15.9 Å². The highest BCUT2D eigenvalue weighted by atomic mass is 79.9. The van der Waals surface area contributed by atoms with Crippen molar-refractivity contribution in [3.05, 3.63) is 64.8 Å². The number of rotatable bonds is 3. The zero-order valence-electron chi connectivity index (χ0n) is 12.3. The second-order valence-electron chi connectivity index (χ2n) is 5.27. The minimum absolute atomic E-state index is 0.0153. The van der Waals surface area contributed by atoms with E-state index >= 15 is 0 Å². The number of nitrogens with zero attached hydrogens (tertiary/aromatic N) is 1. The largest absolute Gasteiger partial charge is 0.416 e. The molecule has 24 heavy (non-hydrogen) atoms. The van der Waals surface area contributed by atoms with Gasteiger partial charge in [-0.25, -0.2) is 0 Å². The van der Waals surface area contributed by atoms with E-state index in [2.05, 4.69) is 21.2 Å². The van der Waals surface area contributed by atoms with E-state index in [1.54, 1.807) is 10.8 Å². The standard InChI is InChI=1S/C17H12BrF3N2O/c18-13-4-5-15-11(8-13)6-7-23(15)10-16(24)22-14-3-1-2-12(9-14)17(19,20)21/h1-9H,10H2,(H,22,24). The normalized spacial score (nSPS) is 11.7. The molecule has 0 atom stereocenters. The first-order valence-electron chi connectivity index (χ1n) is 7.04. The first-order valence-corrected chi connectivity index (χ1v) is 7.84. The number of benzene rings is 2. The Morgan fingerprint density at radius 1 is 1.12 bits per heavy atom. The molecule has 1 N–H and O–H groups in total. The summed E-state index contributed by atoms with van der Waals surface area (Å²) >= 11 is 3.38. The molecule has 124 valence electrons. The van der Waals surface area contributed by atoms with Gasteiger partial charge in [-0.1, -0.05) is 22.0 Å². The quantitative estimate of drug-likeness (QED) is 0.659. The van der Waals surface area contributed by atoms with Gasteiger partial charge in [0.2, 0.25) is 5.91 Å². The number of nitrogens with one attached hydrogen (secondary N) is 1. The van der Waals surface area contributed by atoms with E-state index in [1.165, 1.54) is 12.1 Å². The van der Waals surface area contributed by atoms with Crippen LogP contribution in [0.25, 0.3) is 10.9 Å². The van der Waals surface area contributed by atoms with Crippen LogP contribution in [-0.4, -0.2) is 10.5 Å². The van der Waals surface area contributed by atoms with Crippen LogP contribution in [0.5, 0.6) is 0 Å². The van der Waals surface area contributed by atoms with Crippen LogP contribution in [0, 0.1) is 0 Å². The molecule has 3 nitrogen and oxygen atoms in total. The number of aromatic nitrogens is 1. The predicted octanol–water partition coefficient (Wildman–Crippen LogP) is 5.06. The van der Waals surface area contributed by atoms with Crippen LogP contribution in [0.2, 0.25) is 0 Å². The number of alkyl halides is 3. The summed E-state index contributed by atoms with van der Waals surface area (Å²) < 4.78 is 40.8. The van der Waals surface area contributed by atoms with Crippen LogP contribution in [0.4, 0.5) is 18.9 Å². The van der Waals surface area contributed by atoms with E-state index in [9.17, 15) is 18.0 Å². The molecule has 1 heterocycles. The number of carbonyl (C=O) groups is 1. The summed E-state index contributed by atoms with van der Waals surface area (Å²) in [6.07, 6.45) is -2.67. The van der Waals surface area contributed by atoms with Gasteiger partial charge in [0, 0.05) is 27.3 Å². The lowest BCUT2D eigenvalue weighted by atomic mass is 10.2. The molecule has 2 aromatic carbocycles. The lowest BCUT2D eigenvalue weighted by molar-refractivity contribution is -0.137. The Kier molecular flexibility index (Phi) is 4.36. The second-order valence-corrected chi connectivity index (χ2v) is 6.19. The second kappa shape index (κ2) is 6.32. The molecule has 1 aromatic heterocycles. The van der Waals surface area contributed by atoms with Crippen molar-refractivity contribution < 1.29 is 18.0 Å². The average Bonchev–Trinajstić information content (AvgIpc) is 2.88. The third kappa shape index (κ3) is 3.62. The van der Waals surface area contributed by atoms with Crippen LogP contribution in [-0.2, 0) is 17.5 Å².